The summed E-state index contributed by atoms with van der Waals surface area (Å²) in [6, 6.07) is 0. The topological polar surface area (TPSA) is 73.0 Å². The molecule has 82 valence electrons. The van der Waals surface area contributed by atoms with Crippen molar-refractivity contribution in [2.45, 2.75) is 19.4 Å². The van der Waals surface area contributed by atoms with E-state index in [2.05, 4.69) is 10.3 Å². The molecule has 1 aliphatic heterocycles. The van der Waals surface area contributed by atoms with E-state index in [1.54, 1.807) is 10.8 Å². The highest BCUT2D eigenvalue weighted by atomic mass is 16.6. The minimum atomic E-state index is -0.429. The third-order valence-corrected chi connectivity index (χ3v) is 2.77. The summed E-state index contributed by atoms with van der Waals surface area (Å²) in [5.41, 5.74) is 0. The maximum Gasteiger partial charge on any atom is 0.434 e. The number of hydrogen-bond donors (Lipinski definition) is 1. The number of piperidine rings is 1. The Balaban J connectivity index is 2.03. The molecule has 0 aromatic carbocycles. The molecular formula is C9H14N4O2. The molecule has 1 aromatic heterocycles. The molecule has 1 saturated heterocycles. The van der Waals surface area contributed by atoms with Crippen molar-refractivity contribution in [3.05, 3.63) is 22.5 Å². The highest BCUT2D eigenvalue weighted by Gasteiger charge is 2.20. The van der Waals surface area contributed by atoms with Crippen molar-refractivity contribution in [2.24, 2.45) is 5.92 Å². The fourth-order valence-electron chi connectivity index (χ4n) is 1.96. The Morgan fingerprint density at radius 1 is 1.60 bits per heavy atom. The smallest absolute Gasteiger partial charge is 0.390 e. The van der Waals surface area contributed by atoms with Crippen molar-refractivity contribution in [1.82, 2.24) is 14.9 Å². The first-order chi connectivity index (χ1) is 7.27. The van der Waals surface area contributed by atoms with Crippen LogP contribution < -0.4 is 5.32 Å². The van der Waals surface area contributed by atoms with Gasteiger partial charge >= 0.3 is 5.95 Å². The van der Waals surface area contributed by atoms with E-state index in [-0.39, 0.29) is 5.95 Å². The molecule has 0 saturated carbocycles. The lowest BCUT2D eigenvalue weighted by molar-refractivity contribution is -0.396. The summed E-state index contributed by atoms with van der Waals surface area (Å²) >= 11 is 0. The van der Waals surface area contributed by atoms with Gasteiger partial charge in [0.25, 0.3) is 0 Å². The largest absolute Gasteiger partial charge is 0.434 e. The van der Waals surface area contributed by atoms with Crippen molar-refractivity contribution >= 4 is 5.95 Å². The van der Waals surface area contributed by atoms with Gasteiger partial charge in [-0.15, -0.1) is 0 Å². The Morgan fingerprint density at radius 2 is 2.33 bits per heavy atom. The SMILES string of the molecule is O=[N+]([O-])c1nccn1CC1CCNCC1. The molecule has 2 heterocycles. The second-order valence-corrected chi connectivity index (χ2v) is 3.83. The number of nitrogens with one attached hydrogen (secondary N) is 1. The molecule has 2 rings (SSSR count). The fourth-order valence-corrected chi connectivity index (χ4v) is 1.96. The van der Waals surface area contributed by atoms with Crippen LogP contribution in [0.3, 0.4) is 0 Å². The molecule has 1 aromatic rings. The first-order valence-electron chi connectivity index (χ1n) is 5.13. The lowest BCUT2D eigenvalue weighted by Gasteiger charge is -2.21. The molecule has 0 radical (unpaired) electrons. The summed E-state index contributed by atoms with van der Waals surface area (Å²) in [5.74, 6) is 0.479. The summed E-state index contributed by atoms with van der Waals surface area (Å²) < 4.78 is 1.63. The Bertz CT molecular complexity index is 344. The molecule has 0 bridgehead atoms. The summed E-state index contributed by atoms with van der Waals surface area (Å²) in [6.07, 6.45) is 5.32. The molecule has 0 unspecified atom stereocenters. The molecule has 0 atom stereocenters. The average Bonchev–Trinajstić information content (AvgIpc) is 2.67. The van der Waals surface area contributed by atoms with Gasteiger partial charge in [0.15, 0.2) is 0 Å². The molecular weight excluding hydrogens is 196 g/mol. The van der Waals surface area contributed by atoms with Gasteiger partial charge in [-0.1, -0.05) is 4.98 Å². The van der Waals surface area contributed by atoms with Crippen LogP contribution in [-0.2, 0) is 6.54 Å². The minimum Gasteiger partial charge on any atom is -0.390 e. The summed E-state index contributed by atoms with van der Waals surface area (Å²) in [4.78, 5) is 13.9. The summed E-state index contributed by atoms with van der Waals surface area (Å²) in [7, 11) is 0. The third-order valence-electron chi connectivity index (χ3n) is 2.77. The highest BCUT2D eigenvalue weighted by molar-refractivity contribution is 5.06. The van der Waals surface area contributed by atoms with Crippen LogP contribution in [0.15, 0.2) is 12.4 Å². The standard InChI is InChI=1S/C9H14N4O2/c14-13(15)9-11-5-6-12(9)7-8-1-3-10-4-2-8/h5-6,8,10H,1-4,7H2. The molecule has 0 aliphatic carbocycles. The van der Waals surface area contributed by atoms with Gasteiger partial charge < -0.3 is 15.4 Å². The van der Waals surface area contributed by atoms with Gasteiger partial charge in [-0.2, -0.15) is 0 Å². The van der Waals surface area contributed by atoms with Gasteiger partial charge in [-0.25, -0.2) is 4.57 Å². The van der Waals surface area contributed by atoms with Gasteiger partial charge in [0, 0.05) is 0 Å². The summed E-state index contributed by atoms with van der Waals surface area (Å²) in [5, 5.41) is 13.9. The second-order valence-electron chi connectivity index (χ2n) is 3.83. The summed E-state index contributed by atoms with van der Waals surface area (Å²) in [6.45, 7) is 2.72. The van der Waals surface area contributed by atoms with E-state index >= 15 is 0 Å². The van der Waals surface area contributed by atoms with Crippen LogP contribution in [0.4, 0.5) is 5.95 Å². The highest BCUT2D eigenvalue weighted by Crippen LogP contribution is 2.17. The normalized spacial score (nSPS) is 17.9. The molecule has 1 fully saturated rings. The van der Waals surface area contributed by atoms with Crippen LogP contribution in [0.2, 0.25) is 0 Å². The van der Waals surface area contributed by atoms with E-state index in [1.165, 1.54) is 6.20 Å². The Hall–Kier alpha value is -1.43. The van der Waals surface area contributed by atoms with E-state index in [9.17, 15) is 10.1 Å². The predicted octanol–water partition coefficient (Wildman–Crippen LogP) is 0.791. The molecule has 1 aliphatic rings. The third kappa shape index (κ3) is 2.33. The molecule has 6 heteroatoms. The van der Waals surface area contributed by atoms with E-state index in [0.717, 1.165) is 25.9 Å². The van der Waals surface area contributed by atoms with Crippen LogP contribution in [0.1, 0.15) is 12.8 Å². The van der Waals surface area contributed by atoms with Gasteiger partial charge in [0.1, 0.15) is 12.4 Å². The van der Waals surface area contributed by atoms with Gasteiger partial charge in [-0.3, -0.25) is 0 Å². The molecule has 6 nitrogen and oxygen atoms in total. The lowest BCUT2D eigenvalue weighted by Crippen LogP contribution is -2.29. The number of aromatic nitrogens is 2. The fraction of sp³-hybridized carbons (Fsp3) is 0.667. The minimum absolute atomic E-state index is 0.0477. The van der Waals surface area contributed by atoms with Crippen LogP contribution in [-0.4, -0.2) is 27.6 Å². The average molecular weight is 210 g/mol. The number of imidazole rings is 1. The van der Waals surface area contributed by atoms with Crippen molar-refractivity contribution in [3.63, 3.8) is 0 Å². The Kier molecular flexibility index (Phi) is 2.96. The number of hydrogen-bond acceptors (Lipinski definition) is 4. The maximum absolute atomic E-state index is 10.6. The number of nitrogens with zero attached hydrogens (tertiary/aromatic N) is 3. The Morgan fingerprint density at radius 3 is 3.00 bits per heavy atom. The van der Waals surface area contributed by atoms with Gasteiger partial charge in [-0.05, 0) is 36.8 Å². The van der Waals surface area contributed by atoms with Crippen LogP contribution in [0, 0.1) is 16.0 Å². The first-order valence-corrected chi connectivity index (χ1v) is 5.13. The van der Waals surface area contributed by atoms with Crippen molar-refractivity contribution in [3.8, 4) is 0 Å². The Labute approximate surface area is 87.5 Å². The zero-order valence-corrected chi connectivity index (χ0v) is 8.43. The van der Waals surface area contributed by atoms with Gasteiger partial charge in [0.2, 0.25) is 0 Å². The zero-order chi connectivity index (χ0) is 10.7. The molecule has 0 spiro atoms. The molecule has 15 heavy (non-hydrogen) atoms. The van der Waals surface area contributed by atoms with Crippen molar-refractivity contribution in [1.29, 1.82) is 0 Å². The van der Waals surface area contributed by atoms with Crippen LogP contribution >= 0.6 is 0 Å². The van der Waals surface area contributed by atoms with Gasteiger partial charge in [0.05, 0.1) is 6.54 Å². The van der Waals surface area contributed by atoms with Crippen LogP contribution in [0.25, 0.3) is 0 Å². The van der Waals surface area contributed by atoms with E-state index in [0.29, 0.717) is 12.5 Å². The monoisotopic (exact) mass is 210 g/mol. The van der Waals surface area contributed by atoms with E-state index < -0.39 is 4.92 Å². The predicted molar refractivity (Wildman–Crippen MR) is 54.5 cm³/mol. The van der Waals surface area contributed by atoms with Crippen molar-refractivity contribution in [2.75, 3.05) is 13.1 Å². The lowest BCUT2D eigenvalue weighted by atomic mass is 9.98. The first kappa shape index (κ1) is 10.1. The van der Waals surface area contributed by atoms with Crippen LogP contribution in [0.5, 0.6) is 0 Å². The molecule has 0 amide bonds. The quantitative estimate of drug-likeness (QED) is 0.591. The number of nitro groups is 1. The second kappa shape index (κ2) is 4.39. The molecule has 1 N–H and O–H groups in total. The van der Waals surface area contributed by atoms with E-state index in [4.69, 9.17) is 0 Å². The number of rotatable bonds is 3. The van der Waals surface area contributed by atoms with E-state index in [1.807, 2.05) is 0 Å². The van der Waals surface area contributed by atoms with Crippen molar-refractivity contribution < 1.29 is 4.92 Å². The maximum atomic E-state index is 10.6. The zero-order valence-electron chi connectivity index (χ0n) is 8.43.